The zero-order valence-electron chi connectivity index (χ0n) is 11.9. The third kappa shape index (κ3) is 2.35. The van der Waals surface area contributed by atoms with Crippen molar-refractivity contribution >= 4 is 21.9 Å². The van der Waals surface area contributed by atoms with E-state index in [1.165, 1.54) is 12.1 Å². The van der Waals surface area contributed by atoms with Gasteiger partial charge in [0.2, 0.25) is 5.43 Å². The second kappa shape index (κ2) is 5.17. The van der Waals surface area contributed by atoms with Gasteiger partial charge in [0, 0.05) is 5.56 Å². The monoisotopic (exact) mass is 282 g/mol. The lowest BCUT2D eigenvalue weighted by Crippen LogP contribution is -2.06. The molecular weight excluding hydrogens is 267 g/mol. The molecule has 0 spiro atoms. The molecule has 0 amide bonds. The largest absolute Gasteiger partial charge is 0.456 e. The van der Waals surface area contributed by atoms with Gasteiger partial charge in [-0.3, -0.25) is 4.79 Å². The molecule has 1 heterocycles. The highest BCUT2D eigenvalue weighted by molar-refractivity contribution is 5.91. The number of hydrogen-bond donors (Lipinski definition) is 0. The summed E-state index contributed by atoms with van der Waals surface area (Å²) in [5.41, 5.74) is 2.25. The van der Waals surface area contributed by atoms with Gasteiger partial charge in [-0.2, -0.15) is 0 Å². The van der Waals surface area contributed by atoms with Crippen LogP contribution in [0.25, 0.3) is 21.9 Å². The average Bonchev–Trinajstić information content (AvgIpc) is 2.47. The summed E-state index contributed by atoms with van der Waals surface area (Å²) in [6, 6.07) is 9.91. The van der Waals surface area contributed by atoms with Crippen LogP contribution >= 0.6 is 0 Å². The van der Waals surface area contributed by atoms with Crippen LogP contribution in [0.1, 0.15) is 19.4 Å². The predicted molar refractivity (Wildman–Crippen MR) is 83.1 cm³/mol. The minimum Gasteiger partial charge on any atom is -0.456 e. The molecule has 21 heavy (non-hydrogen) atoms. The number of hydrogen-bond acceptors (Lipinski definition) is 2. The highest BCUT2D eigenvalue weighted by Crippen LogP contribution is 2.24. The molecule has 0 N–H and O–H groups in total. The predicted octanol–water partition coefficient (Wildman–Crippen LogP) is 4.59. The van der Waals surface area contributed by atoms with Gasteiger partial charge in [-0.1, -0.05) is 23.8 Å². The van der Waals surface area contributed by atoms with E-state index in [1.807, 2.05) is 26.0 Å². The number of allylic oxidation sites excluding steroid dienone is 2. The lowest BCUT2D eigenvalue weighted by molar-refractivity contribution is 0.611. The van der Waals surface area contributed by atoms with Crippen molar-refractivity contribution in [2.45, 2.75) is 20.3 Å². The van der Waals surface area contributed by atoms with Gasteiger partial charge in [-0.15, -0.1) is 0 Å². The van der Waals surface area contributed by atoms with Crippen LogP contribution in [0.4, 0.5) is 4.39 Å². The van der Waals surface area contributed by atoms with Crippen LogP contribution in [0.3, 0.4) is 0 Å². The molecule has 0 fully saturated rings. The first-order valence-electron chi connectivity index (χ1n) is 6.84. The number of benzene rings is 2. The SMILES string of the molecule is CC(C)=CCc1c(F)ccc2oc3ccccc3c(=O)c12. The zero-order chi connectivity index (χ0) is 15.0. The molecule has 0 unspecified atom stereocenters. The topological polar surface area (TPSA) is 30.2 Å². The Morgan fingerprint density at radius 1 is 1.14 bits per heavy atom. The first kappa shape index (κ1) is 13.6. The van der Waals surface area contributed by atoms with E-state index >= 15 is 0 Å². The van der Waals surface area contributed by atoms with Crippen molar-refractivity contribution in [3.05, 3.63) is 69.7 Å². The van der Waals surface area contributed by atoms with E-state index in [4.69, 9.17) is 4.42 Å². The van der Waals surface area contributed by atoms with E-state index in [1.54, 1.807) is 18.2 Å². The van der Waals surface area contributed by atoms with Gasteiger partial charge in [-0.05, 0) is 44.5 Å². The van der Waals surface area contributed by atoms with Crippen molar-refractivity contribution in [1.82, 2.24) is 0 Å². The van der Waals surface area contributed by atoms with E-state index in [0.29, 0.717) is 33.9 Å². The maximum atomic E-state index is 14.1. The lowest BCUT2D eigenvalue weighted by Gasteiger charge is -2.07. The Balaban J connectivity index is 2.41. The van der Waals surface area contributed by atoms with Gasteiger partial charge in [0.1, 0.15) is 17.0 Å². The summed E-state index contributed by atoms with van der Waals surface area (Å²) < 4.78 is 19.9. The quantitative estimate of drug-likeness (QED) is 0.508. The first-order valence-corrected chi connectivity index (χ1v) is 6.84. The molecule has 0 aliphatic carbocycles. The summed E-state index contributed by atoms with van der Waals surface area (Å²) in [5.74, 6) is -0.373. The van der Waals surface area contributed by atoms with Crippen molar-refractivity contribution in [3.8, 4) is 0 Å². The maximum absolute atomic E-state index is 14.1. The summed E-state index contributed by atoms with van der Waals surface area (Å²) >= 11 is 0. The van der Waals surface area contributed by atoms with Crippen molar-refractivity contribution in [2.24, 2.45) is 0 Å². The normalized spacial score (nSPS) is 11.0. The third-order valence-corrected chi connectivity index (χ3v) is 3.51. The molecule has 3 heteroatoms. The smallest absolute Gasteiger partial charge is 0.200 e. The standard InChI is InChI=1S/C18H15FO2/c1-11(2)7-8-12-14(19)9-10-16-17(12)18(20)13-5-3-4-6-15(13)21-16/h3-7,9-10H,8H2,1-2H3. The van der Waals surface area contributed by atoms with Gasteiger partial charge >= 0.3 is 0 Å². The summed E-state index contributed by atoms with van der Waals surface area (Å²) in [5, 5.41) is 0.820. The lowest BCUT2D eigenvalue weighted by atomic mass is 10.0. The molecular formula is C18H15FO2. The fourth-order valence-electron chi connectivity index (χ4n) is 2.44. The molecule has 3 aromatic rings. The molecule has 0 bridgehead atoms. The number of para-hydroxylation sites is 1. The van der Waals surface area contributed by atoms with Crippen molar-refractivity contribution in [3.63, 3.8) is 0 Å². The summed E-state index contributed by atoms with van der Waals surface area (Å²) in [6.45, 7) is 3.89. The minimum absolute atomic E-state index is 0.177. The van der Waals surface area contributed by atoms with Crippen molar-refractivity contribution in [1.29, 1.82) is 0 Å². The fourth-order valence-corrected chi connectivity index (χ4v) is 2.44. The average molecular weight is 282 g/mol. The van der Waals surface area contributed by atoms with Crippen LogP contribution in [0, 0.1) is 5.82 Å². The Kier molecular flexibility index (Phi) is 3.34. The molecule has 0 saturated heterocycles. The van der Waals surface area contributed by atoms with E-state index < -0.39 is 0 Å². The van der Waals surface area contributed by atoms with Crippen molar-refractivity contribution in [2.75, 3.05) is 0 Å². The summed E-state index contributed by atoms with van der Waals surface area (Å²) in [7, 11) is 0. The molecule has 3 rings (SSSR count). The van der Waals surface area contributed by atoms with Crippen LogP contribution in [0.2, 0.25) is 0 Å². The summed E-state index contributed by atoms with van der Waals surface area (Å²) in [4.78, 5) is 12.7. The van der Waals surface area contributed by atoms with Crippen LogP contribution in [-0.4, -0.2) is 0 Å². The Hall–Kier alpha value is -2.42. The second-order valence-electron chi connectivity index (χ2n) is 5.31. The van der Waals surface area contributed by atoms with Crippen LogP contribution < -0.4 is 5.43 Å². The molecule has 1 aromatic heterocycles. The molecule has 0 saturated carbocycles. The van der Waals surface area contributed by atoms with Gasteiger partial charge < -0.3 is 4.42 Å². The zero-order valence-corrected chi connectivity index (χ0v) is 11.9. The number of fused-ring (bicyclic) bond motifs is 2. The Bertz CT molecular complexity index is 916. The van der Waals surface area contributed by atoms with E-state index in [9.17, 15) is 9.18 Å². The van der Waals surface area contributed by atoms with E-state index in [2.05, 4.69) is 0 Å². The molecule has 0 aliphatic heterocycles. The van der Waals surface area contributed by atoms with Gasteiger partial charge in [0.05, 0.1) is 10.8 Å². The van der Waals surface area contributed by atoms with Gasteiger partial charge in [-0.25, -0.2) is 4.39 Å². The highest BCUT2D eigenvalue weighted by atomic mass is 19.1. The van der Waals surface area contributed by atoms with Gasteiger partial charge in [0.25, 0.3) is 0 Å². The third-order valence-electron chi connectivity index (χ3n) is 3.51. The summed E-state index contributed by atoms with van der Waals surface area (Å²) in [6.07, 6.45) is 2.29. The number of halogens is 1. The second-order valence-corrected chi connectivity index (χ2v) is 5.31. The molecule has 0 aliphatic rings. The molecule has 106 valence electrons. The highest BCUT2D eigenvalue weighted by Gasteiger charge is 2.14. The molecule has 2 nitrogen and oxygen atoms in total. The fraction of sp³-hybridized carbons (Fsp3) is 0.167. The van der Waals surface area contributed by atoms with Crippen LogP contribution in [0.15, 0.2) is 57.3 Å². The minimum atomic E-state index is -0.373. The van der Waals surface area contributed by atoms with E-state index in [0.717, 1.165) is 5.57 Å². The molecule has 0 atom stereocenters. The van der Waals surface area contributed by atoms with Crippen LogP contribution in [0.5, 0.6) is 0 Å². The van der Waals surface area contributed by atoms with Crippen LogP contribution in [-0.2, 0) is 6.42 Å². The Morgan fingerprint density at radius 2 is 1.90 bits per heavy atom. The van der Waals surface area contributed by atoms with Crippen molar-refractivity contribution < 1.29 is 8.81 Å². The number of rotatable bonds is 2. The van der Waals surface area contributed by atoms with E-state index in [-0.39, 0.29) is 11.2 Å². The Labute approximate surface area is 121 Å². The van der Waals surface area contributed by atoms with Gasteiger partial charge in [0.15, 0.2) is 0 Å². The molecule has 2 aromatic carbocycles. The maximum Gasteiger partial charge on any atom is 0.200 e. The molecule has 0 radical (unpaired) electrons. The Morgan fingerprint density at radius 3 is 2.67 bits per heavy atom. The first-order chi connectivity index (χ1) is 10.1.